The molecule has 1 aliphatic rings. The van der Waals surface area contributed by atoms with Crippen molar-refractivity contribution in [2.45, 2.75) is 18.8 Å². The molecule has 1 aliphatic heterocycles. The molecule has 0 atom stereocenters. The zero-order valence-electron chi connectivity index (χ0n) is 13.8. The van der Waals surface area contributed by atoms with Gasteiger partial charge in [-0.25, -0.2) is 13.8 Å². The van der Waals surface area contributed by atoms with Gasteiger partial charge in [0.1, 0.15) is 5.65 Å². The Kier molecular flexibility index (Phi) is 4.36. The summed E-state index contributed by atoms with van der Waals surface area (Å²) in [5.74, 6) is -2.58. The highest BCUT2D eigenvalue weighted by atomic mass is 35.5. The highest BCUT2D eigenvalue weighted by Crippen LogP contribution is 2.33. The molecule has 0 spiro atoms. The number of benzene rings is 1. The van der Waals surface area contributed by atoms with Crippen LogP contribution in [-0.2, 0) is 0 Å². The number of amides is 1. The molecule has 1 amide bonds. The lowest BCUT2D eigenvalue weighted by Gasteiger charge is -2.32. The average Bonchev–Trinajstić information content (AvgIpc) is 3.10. The highest BCUT2D eigenvalue weighted by Gasteiger charge is 2.28. The van der Waals surface area contributed by atoms with Crippen LogP contribution in [0.5, 0.6) is 0 Å². The van der Waals surface area contributed by atoms with E-state index in [4.69, 9.17) is 11.6 Å². The number of rotatable bonds is 2. The van der Waals surface area contributed by atoms with Crippen molar-refractivity contribution in [2.75, 3.05) is 13.1 Å². The molecule has 1 saturated heterocycles. The molecule has 1 N–H and O–H groups in total. The number of carbonyl (C=O) groups is 1. The normalized spacial score (nSPS) is 15.6. The molecular formula is C19H16ClF2N3O. The van der Waals surface area contributed by atoms with E-state index in [2.05, 4.69) is 9.97 Å². The SMILES string of the molecule is O=C(c1ccc(Cl)c(F)c1F)N1CCC(c2c[nH]c3ncccc23)CC1. The Balaban J connectivity index is 1.50. The first-order chi connectivity index (χ1) is 12.6. The number of pyridine rings is 1. The molecule has 26 heavy (non-hydrogen) atoms. The first kappa shape index (κ1) is 17.0. The number of H-pyrrole nitrogens is 1. The monoisotopic (exact) mass is 375 g/mol. The number of halogens is 3. The number of aromatic amines is 1. The summed E-state index contributed by atoms with van der Waals surface area (Å²) in [6.45, 7) is 0.972. The van der Waals surface area contributed by atoms with Crippen molar-refractivity contribution in [2.24, 2.45) is 0 Å². The van der Waals surface area contributed by atoms with Crippen molar-refractivity contribution >= 4 is 28.5 Å². The Hall–Kier alpha value is -2.47. The maximum Gasteiger partial charge on any atom is 0.256 e. The van der Waals surface area contributed by atoms with Crippen LogP contribution in [-0.4, -0.2) is 33.9 Å². The van der Waals surface area contributed by atoms with Crippen LogP contribution in [0, 0.1) is 11.6 Å². The maximum absolute atomic E-state index is 14.0. The lowest BCUT2D eigenvalue weighted by atomic mass is 9.89. The van der Waals surface area contributed by atoms with Gasteiger partial charge in [-0.3, -0.25) is 4.79 Å². The second-order valence-corrected chi connectivity index (χ2v) is 6.84. The van der Waals surface area contributed by atoms with E-state index in [0.29, 0.717) is 19.0 Å². The number of hydrogen-bond acceptors (Lipinski definition) is 2. The summed E-state index contributed by atoms with van der Waals surface area (Å²) in [6, 6.07) is 6.37. The van der Waals surface area contributed by atoms with Gasteiger partial charge in [0.05, 0.1) is 10.6 Å². The molecule has 1 fully saturated rings. The van der Waals surface area contributed by atoms with Crippen LogP contribution in [0.3, 0.4) is 0 Å². The molecule has 0 unspecified atom stereocenters. The number of nitrogens with one attached hydrogen (secondary N) is 1. The Morgan fingerprint density at radius 2 is 1.96 bits per heavy atom. The number of nitrogens with zero attached hydrogens (tertiary/aromatic N) is 2. The molecule has 2 aromatic heterocycles. The van der Waals surface area contributed by atoms with Gasteiger partial charge >= 0.3 is 0 Å². The number of piperidine rings is 1. The van der Waals surface area contributed by atoms with Crippen LogP contribution in [0.15, 0.2) is 36.7 Å². The summed E-state index contributed by atoms with van der Waals surface area (Å²) < 4.78 is 27.7. The molecule has 0 radical (unpaired) electrons. The second kappa shape index (κ2) is 6.68. The first-order valence-corrected chi connectivity index (χ1v) is 8.79. The zero-order valence-corrected chi connectivity index (χ0v) is 14.6. The van der Waals surface area contributed by atoms with E-state index in [9.17, 15) is 13.6 Å². The minimum Gasteiger partial charge on any atom is -0.346 e. The van der Waals surface area contributed by atoms with Crippen LogP contribution in [0.4, 0.5) is 8.78 Å². The molecule has 0 saturated carbocycles. The van der Waals surface area contributed by atoms with Crippen molar-refractivity contribution in [1.29, 1.82) is 0 Å². The van der Waals surface area contributed by atoms with Crippen molar-refractivity contribution in [3.63, 3.8) is 0 Å². The number of hydrogen-bond donors (Lipinski definition) is 1. The van der Waals surface area contributed by atoms with Crippen LogP contribution >= 0.6 is 11.6 Å². The first-order valence-electron chi connectivity index (χ1n) is 8.41. The molecule has 3 heterocycles. The third-order valence-electron chi connectivity index (χ3n) is 4.97. The molecule has 4 rings (SSSR count). The number of carbonyl (C=O) groups excluding carboxylic acids is 1. The van der Waals surface area contributed by atoms with Crippen LogP contribution in [0.25, 0.3) is 11.0 Å². The van der Waals surface area contributed by atoms with Gasteiger partial charge in [-0.15, -0.1) is 0 Å². The van der Waals surface area contributed by atoms with E-state index in [1.54, 1.807) is 11.1 Å². The Morgan fingerprint density at radius 1 is 1.19 bits per heavy atom. The van der Waals surface area contributed by atoms with E-state index in [-0.39, 0.29) is 10.6 Å². The van der Waals surface area contributed by atoms with Crippen molar-refractivity contribution < 1.29 is 13.6 Å². The zero-order chi connectivity index (χ0) is 18.3. The second-order valence-electron chi connectivity index (χ2n) is 6.43. The van der Waals surface area contributed by atoms with Crippen LogP contribution < -0.4 is 0 Å². The smallest absolute Gasteiger partial charge is 0.256 e. The van der Waals surface area contributed by atoms with Gasteiger partial charge in [0.15, 0.2) is 11.6 Å². The van der Waals surface area contributed by atoms with Crippen molar-refractivity contribution in [3.05, 3.63) is 64.4 Å². The summed E-state index contributed by atoms with van der Waals surface area (Å²) in [6.07, 6.45) is 5.22. The van der Waals surface area contributed by atoms with Gasteiger partial charge in [-0.1, -0.05) is 11.6 Å². The molecule has 3 aromatic rings. The third-order valence-corrected chi connectivity index (χ3v) is 5.26. The molecule has 7 heteroatoms. The third kappa shape index (κ3) is 2.84. The van der Waals surface area contributed by atoms with Gasteiger partial charge in [-0.05, 0) is 48.6 Å². The number of aromatic nitrogens is 2. The van der Waals surface area contributed by atoms with Gasteiger partial charge < -0.3 is 9.88 Å². The molecule has 0 bridgehead atoms. The lowest BCUT2D eigenvalue weighted by Crippen LogP contribution is -2.38. The average molecular weight is 376 g/mol. The van der Waals surface area contributed by atoms with Gasteiger partial charge in [0.2, 0.25) is 0 Å². The van der Waals surface area contributed by atoms with E-state index in [0.717, 1.165) is 23.9 Å². The molecule has 134 valence electrons. The lowest BCUT2D eigenvalue weighted by molar-refractivity contribution is 0.0707. The quantitative estimate of drug-likeness (QED) is 0.670. The van der Waals surface area contributed by atoms with Gasteiger partial charge in [0.25, 0.3) is 5.91 Å². The van der Waals surface area contributed by atoms with Gasteiger partial charge in [0, 0.05) is 30.9 Å². The summed E-state index contributed by atoms with van der Waals surface area (Å²) in [4.78, 5) is 21.6. The van der Waals surface area contributed by atoms with Crippen molar-refractivity contribution in [3.8, 4) is 0 Å². The fourth-order valence-corrected chi connectivity index (χ4v) is 3.72. The standard InChI is InChI=1S/C19H16ClF2N3O/c20-15-4-3-13(16(21)17(15)22)19(26)25-8-5-11(6-9-25)14-10-24-18-12(14)2-1-7-23-18/h1-4,7,10-11H,5-6,8-9H2,(H,23,24). The van der Waals surface area contributed by atoms with E-state index in [1.807, 2.05) is 18.3 Å². The Bertz CT molecular complexity index is 980. The van der Waals surface area contributed by atoms with Crippen LogP contribution in [0.2, 0.25) is 5.02 Å². The Labute approximate surface area is 153 Å². The number of likely N-dealkylation sites (tertiary alicyclic amines) is 1. The summed E-state index contributed by atoms with van der Waals surface area (Å²) >= 11 is 5.55. The predicted octanol–water partition coefficient (Wildman–Crippen LogP) is 4.51. The molecule has 0 aliphatic carbocycles. The minimum absolute atomic E-state index is 0.276. The Morgan fingerprint density at radius 3 is 2.73 bits per heavy atom. The summed E-state index contributed by atoms with van der Waals surface area (Å²) in [5.41, 5.74) is 1.75. The minimum atomic E-state index is -1.19. The maximum atomic E-state index is 14.0. The van der Waals surface area contributed by atoms with Crippen molar-refractivity contribution in [1.82, 2.24) is 14.9 Å². The highest BCUT2D eigenvalue weighted by molar-refractivity contribution is 6.30. The topological polar surface area (TPSA) is 49.0 Å². The predicted molar refractivity (Wildman–Crippen MR) is 95.3 cm³/mol. The molecule has 4 nitrogen and oxygen atoms in total. The largest absolute Gasteiger partial charge is 0.346 e. The fourth-order valence-electron chi connectivity index (χ4n) is 3.57. The number of fused-ring (bicyclic) bond motifs is 1. The van der Waals surface area contributed by atoms with E-state index in [1.165, 1.54) is 17.7 Å². The van der Waals surface area contributed by atoms with E-state index < -0.39 is 17.5 Å². The molecular weight excluding hydrogens is 360 g/mol. The van der Waals surface area contributed by atoms with Gasteiger partial charge in [-0.2, -0.15) is 0 Å². The fraction of sp³-hybridized carbons (Fsp3) is 0.263. The molecule has 1 aromatic carbocycles. The summed E-state index contributed by atoms with van der Waals surface area (Å²) in [5, 5.41) is 0.758. The summed E-state index contributed by atoms with van der Waals surface area (Å²) in [7, 11) is 0. The van der Waals surface area contributed by atoms with Crippen LogP contribution in [0.1, 0.15) is 34.7 Å². The van der Waals surface area contributed by atoms with E-state index >= 15 is 0 Å².